The zero-order chi connectivity index (χ0) is 13.0. The van der Waals surface area contributed by atoms with Gasteiger partial charge >= 0.3 is 5.97 Å². The molecule has 2 rings (SSSR count). The van der Waals surface area contributed by atoms with E-state index in [0.717, 1.165) is 5.56 Å². The summed E-state index contributed by atoms with van der Waals surface area (Å²) >= 11 is 0. The lowest BCUT2D eigenvalue weighted by atomic mass is 10.0. The first-order valence-corrected chi connectivity index (χ1v) is 5.46. The molecule has 0 aromatic heterocycles. The minimum atomic E-state index is -1.02. The number of carboxylic acids is 1. The maximum absolute atomic E-state index is 11.3. The average Bonchev–Trinajstić information content (AvgIpc) is 2.37. The molecule has 0 aliphatic heterocycles. The maximum Gasteiger partial charge on any atom is 0.336 e. The average molecular weight is 240 g/mol. The van der Waals surface area contributed by atoms with E-state index in [-0.39, 0.29) is 11.3 Å². The van der Waals surface area contributed by atoms with Crippen molar-refractivity contribution in [2.24, 2.45) is 0 Å². The van der Waals surface area contributed by atoms with E-state index in [1.54, 1.807) is 18.2 Å². The van der Waals surface area contributed by atoms with E-state index in [9.17, 15) is 15.0 Å². The topological polar surface area (TPSA) is 57.5 Å². The standard InChI is InChI=1S/C15H12O3/c16-13-8-4-7-12(10-13)14(15(17)18)9-11-5-2-1-3-6-11/h1-10,16H,(H,17,18)/b14-9+. The summed E-state index contributed by atoms with van der Waals surface area (Å²) in [5.41, 5.74) is 1.43. The number of phenolic OH excluding ortho intramolecular Hbond substituents is 1. The number of aromatic hydroxyl groups is 1. The molecule has 0 amide bonds. The molecule has 0 fully saturated rings. The van der Waals surface area contributed by atoms with Gasteiger partial charge in [0, 0.05) is 0 Å². The summed E-state index contributed by atoms with van der Waals surface area (Å²) in [6, 6.07) is 15.4. The second-order valence-corrected chi connectivity index (χ2v) is 3.82. The van der Waals surface area contributed by atoms with Crippen molar-refractivity contribution in [3.63, 3.8) is 0 Å². The van der Waals surface area contributed by atoms with Crippen LogP contribution in [0.25, 0.3) is 11.6 Å². The Kier molecular flexibility index (Phi) is 3.44. The Morgan fingerprint density at radius 3 is 2.33 bits per heavy atom. The van der Waals surface area contributed by atoms with Crippen molar-refractivity contribution in [1.29, 1.82) is 0 Å². The third-order valence-electron chi connectivity index (χ3n) is 2.50. The molecular weight excluding hydrogens is 228 g/mol. The highest BCUT2D eigenvalue weighted by Gasteiger charge is 2.10. The molecule has 0 bridgehead atoms. The molecule has 0 heterocycles. The van der Waals surface area contributed by atoms with Crippen LogP contribution in [0, 0.1) is 0 Å². The van der Waals surface area contributed by atoms with Crippen LogP contribution in [0.15, 0.2) is 54.6 Å². The molecule has 90 valence electrons. The molecule has 18 heavy (non-hydrogen) atoms. The summed E-state index contributed by atoms with van der Waals surface area (Å²) in [5.74, 6) is -0.975. The van der Waals surface area contributed by atoms with E-state index in [4.69, 9.17) is 0 Å². The van der Waals surface area contributed by atoms with Gasteiger partial charge in [-0.3, -0.25) is 0 Å². The highest BCUT2D eigenvalue weighted by atomic mass is 16.4. The van der Waals surface area contributed by atoms with Gasteiger partial charge in [0.05, 0.1) is 5.57 Å². The van der Waals surface area contributed by atoms with E-state index >= 15 is 0 Å². The molecular formula is C15H12O3. The zero-order valence-corrected chi connectivity index (χ0v) is 9.58. The second-order valence-electron chi connectivity index (χ2n) is 3.82. The predicted octanol–water partition coefficient (Wildman–Crippen LogP) is 3.02. The van der Waals surface area contributed by atoms with Crippen molar-refractivity contribution in [3.05, 3.63) is 65.7 Å². The lowest BCUT2D eigenvalue weighted by molar-refractivity contribution is -0.130. The lowest BCUT2D eigenvalue weighted by Gasteiger charge is -2.03. The van der Waals surface area contributed by atoms with Crippen LogP contribution < -0.4 is 0 Å². The number of benzene rings is 2. The summed E-state index contributed by atoms with van der Waals surface area (Å²) in [7, 11) is 0. The molecule has 0 unspecified atom stereocenters. The van der Waals surface area contributed by atoms with Gasteiger partial charge in [0.25, 0.3) is 0 Å². The Hall–Kier alpha value is -2.55. The van der Waals surface area contributed by atoms with Gasteiger partial charge in [-0.05, 0) is 29.3 Å². The highest BCUT2D eigenvalue weighted by molar-refractivity contribution is 6.20. The number of rotatable bonds is 3. The molecule has 3 heteroatoms. The van der Waals surface area contributed by atoms with Crippen molar-refractivity contribution < 1.29 is 15.0 Å². The Balaban J connectivity index is 2.47. The fourth-order valence-corrected chi connectivity index (χ4v) is 1.66. The van der Waals surface area contributed by atoms with E-state index in [1.165, 1.54) is 12.1 Å². The van der Waals surface area contributed by atoms with Crippen molar-refractivity contribution in [1.82, 2.24) is 0 Å². The van der Waals surface area contributed by atoms with Crippen LogP contribution in [0.3, 0.4) is 0 Å². The SMILES string of the molecule is O=C(O)/C(=C/c1ccccc1)c1cccc(O)c1. The molecule has 3 nitrogen and oxygen atoms in total. The third kappa shape index (κ3) is 2.77. The molecule has 0 aliphatic rings. The molecule has 0 atom stereocenters. The van der Waals surface area contributed by atoms with Crippen LogP contribution in [0.2, 0.25) is 0 Å². The molecule has 2 N–H and O–H groups in total. The van der Waals surface area contributed by atoms with E-state index in [0.29, 0.717) is 5.56 Å². The second kappa shape index (κ2) is 5.19. The number of hydrogen-bond donors (Lipinski definition) is 2. The normalized spacial score (nSPS) is 11.2. The first-order valence-electron chi connectivity index (χ1n) is 5.46. The van der Waals surface area contributed by atoms with Gasteiger partial charge in [-0.15, -0.1) is 0 Å². The summed E-state index contributed by atoms with van der Waals surface area (Å²) in [6.45, 7) is 0. The Bertz CT molecular complexity index is 586. The summed E-state index contributed by atoms with van der Waals surface area (Å²) < 4.78 is 0. The quantitative estimate of drug-likeness (QED) is 0.640. The summed E-state index contributed by atoms with van der Waals surface area (Å²) in [5, 5.41) is 18.6. The van der Waals surface area contributed by atoms with Gasteiger partial charge in [-0.25, -0.2) is 4.79 Å². The van der Waals surface area contributed by atoms with E-state index in [1.807, 2.05) is 30.3 Å². The van der Waals surface area contributed by atoms with Crippen LogP contribution in [-0.2, 0) is 4.79 Å². The molecule has 0 spiro atoms. The van der Waals surface area contributed by atoms with Gasteiger partial charge in [-0.2, -0.15) is 0 Å². The number of carboxylic acid groups (broad SMARTS) is 1. The van der Waals surface area contributed by atoms with Crippen LogP contribution in [-0.4, -0.2) is 16.2 Å². The first-order chi connectivity index (χ1) is 8.66. The number of carbonyl (C=O) groups is 1. The van der Waals surface area contributed by atoms with Crippen molar-refractivity contribution in [2.45, 2.75) is 0 Å². The minimum Gasteiger partial charge on any atom is -0.508 e. The Labute approximate surface area is 105 Å². The van der Waals surface area contributed by atoms with Gasteiger partial charge in [0.2, 0.25) is 0 Å². The van der Waals surface area contributed by atoms with Gasteiger partial charge < -0.3 is 10.2 Å². The Morgan fingerprint density at radius 2 is 1.72 bits per heavy atom. The number of phenols is 1. The van der Waals surface area contributed by atoms with Gasteiger partial charge in [-0.1, -0.05) is 42.5 Å². The fourth-order valence-electron chi connectivity index (χ4n) is 1.66. The molecule has 2 aromatic rings. The summed E-state index contributed by atoms with van der Waals surface area (Å²) in [6.07, 6.45) is 1.58. The molecule has 0 aliphatic carbocycles. The monoisotopic (exact) mass is 240 g/mol. The fraction of sp³-hybridized carbons (Fsp3) is 0. The molecule has 0 saturated carbocycles. The molecule has 0 radical (unpaired) electrons. The van der Waals surface area contributed by atoms with Gasteiger partial charge in [0.15, 0.2) is 0 Å². The highest BCUT2D eigenvalue weighted by Crippen LogP contribution is 2.22. The summed E-state index contributed by atoms with van der Waals surface area (Å²) in [4.78, 5) is 11.3. The predicted molar refractivity (Wildman–Crippen MR) is 70.1 cm³/mol. The minimum absolute atomic E-state index is 0.0488. The van der Waals surface area contributed by atoms with E-state index < -0.39 is 5.97 Å². The van der Waals surface area contributed by atoms with Crippen LogP contribution in [0.5, 0.6) is 5.75 Å². The van der Waals surface area contributed by atoms with Crippen molar-refractivity contribution in [2.75, 3.05) is 0 Å². The molecule has 0 saturated heterocycles. The van der Waals surface area contributed by atoms with Crippen LogP contribution in [0.4, 0.5) is 0 Å². The maximum atomic E-state index is 11.3. The smallest absolute Gasteiger partial charge is 0.336 e. The zero-order valence-electron chi connectivity index (χ0n) is 9.58. The van der Waals surface area contributed by atoms with Crippen molar-refractivity contribution in [3.8, 4) is 5.75 Å². The third-order valence-corrected chi connectivity index (χ3v) is 2.50. The number of hydrogen-bond acceptors (Lipinski definition) is 2. The van der Waals surface area contributed by atoms with Crippen LogP contribution >= 0.6 is 0 Å². The van der Waals surface area contributed by atoms with Crippen molar-refractivity contribution >= 4 is 17.6 Å². The van der Waals surface area contributed by atoms with Crippen LogP contribution in [0.1, 0.15) is 11.1 Å². The largest absolute Gasteiger partial charge is 0.508 e. The first kappa shape index (κ1) is 11.9. The molecule has 2 aromatic carbocycles. The van der Waals surface area contributed by atoms with E-state index in [2.05, 4.69) is 0 Å². The lowest BCUT2D eigenvalue weighted by Crippen LogP contribution is -1.99. The van der Waals surface area contributed by atoms with Gasteiger partial charge in [0.1, 0.15) is 5.75 Å². The number of aliphatic carboxylic acids is 1. The Morgan fingerprint density at radius 1 is 1.00 bits per heavy atom.